The smallest absolute Gasteiger partial charge is 0.427 e. The normalized spacial score (nSPS) is 26.0. The van der Waals surface area contributed by atoms with Gasteiger partial charge in [-0.2, -0.15) is 0 Å². The zero-order valence-corrected chi connectivity index (χ0v) is 9.12. The molecule has 2 atom stereocenters. The van der Waals surface area contributed by atoms with E-state index >= 15 is 0 Å². The SMILES string of the molecule is CCCC[C@@H]1OC(=O)O[C@@H]1CCCC. The molecule has 0 radical (unpaired) electrons. The number of unbranched alkanes of at least 4 members (excludes halogenated alkanes) is 2. The third kappa shape index (κ3) is 3.20. The Bertz CT molecular complexity index is 161. The predicted octanol–water partition coefficient (Wildman–Crippen LogP) is 3.27. The van der Waals surface area contributed by atoms with Crippen LogP contribution in [0.4, 0.5) is 4.79 Å². The Balaban J connectivity index is 2.33. The van der Waals surface area contributed by atoms with Gasteiger partial charge in [0.2, 0.25) is 0 Å². The summed E-state index contributed by atoms with van der Waals surface area (Å²) in [7, 11) is 0. The van der Waals surface area contributed by atoms with Crippen LogP contribution in [0.1, 0.15) is 52.4 Å². The molecule has 0 saturated carbocycles. The van der Waals surface area contributed by atoms with Crippen LogP contribution >= 0.6 is 0 Å². The van der Waals surface area contributed by atoms with Gasteiger partial charge in [-0.1, -0.05) is 26.7 Å². The summed E-state index contributed by atoms with van der Waals surface area (Å²) in [5.41, 5.74) is 0. The summed E-state index contributed by atoms with van der Waals surface area (Å²) >= 11 is 0. The number of carbonyl (C=O) groups is 1. The molecule has 1 aliphatic heterocycles. The molecule has 0 unspecified atom stereocenters. The molecule has 14 heavy (non-hydrogen) atoms. The standard InChI is InChI=1S/C11H20O3/c1-3-5-7-9-10(8-6-4-2)14-11(12)13-9/h9-10H,3-8H2,1-2H3/t9-,10+. The van der Waals surface area contributed by atoms with Crippen molar-refractivity contribution in [3.63, 3.8) is 0 Å². The monoisotopic (exact) mass is 200 g/mol. The van der Waals surface area contributed by atoms with Crippen molar-refractivity contribution < 1.29 is 14.3 Å². The lowest BCUT2D eigenvalue weighted by Gasteiger charge is -2.14. The second-order valence-corrected chi connectivity index (χ2v) is 3.85. The fourth-order valence-corrected chi connectivity index (χ4v) is 1.73. The van der Waals surface area contributed by atoms with Crippen LogP contribution in [0.15, 0.2) is 0 Å². The van der Waals surface area contributed by atoms with E-state index in [9.17, 15) is 4.79 Å². The third-order valence-corrected chi connectivity index (χ3v) is 2.59. The van der Waals surface area contributed by atoms with Gasteiger partial charge in [0.25, 0.3) is 0 Å². The van der Waals surface area contributed by atoms with Gasteiger partial charge in [0.1, 0.15) is 12.2 Å². The first-order chi connectivity index (χ1) is 6.77. The molecule has 0 bridgehead atoms. The lowest BCUT2D eigenvalue weighted by atomic mass is 10.0. The maximum atomic E-state index is 10.9. The molecule has 1 saturated heterocycles. The zero-order chi connectivity index (χ0) is 10.4. The molecule has 0 aromatic heterocycles. The Morgan fingerprint density at radius 2 is 1.43 bits per heavy atom. The molecular formula is C11H20O3. The minimum Gasteiger partial charge on any atom is -0.427 e. The van der Waals surface area contributed by atoms with E-state index in [2.05, 4.69) is 13.8 Å². The van der Waals surface area contributed by atoms with Gasteiger partial charge in [-0.25, -0.2) is 4.79 Å². The van der Waals surface area contributed by atoms with Crippen molar-refractivity contribution in [1.82, 2.24) is 0 Å². The lowest BCUT2D eigenvalue weighted by Crippen LogP contribution is -2.22. The molecule has 0 aliphatic carbocycles. The van der Waals surface area contributed by atoms with Crippen LogP contribution < -0.4 is 0 Å². The molecule has 1 rings (SSSR count). The third-order valence-electron chi connectivity index (χ3n) is 2.59. The summed E-state index contributed by atoms with van der Waals surface area (Å²) in [5.74, 6) is 0. The van der Waals surface area contributed by atoms with Crippen LogP contribution in [-0.4, -0.2) is 18.4 Å². The van der Waals surface area contributed by atoms with Crippen molar-refractivity contribution in [3.8, 4) is 0 Å². The van der Waals surface area contributed by atoms with E-state index in [1.807, 2.05) is 0 Å². The highest BCUT2D eigenvalue weighted by atomic mass is 16.8. The first-order valence-corrected chi connectivity index (χ1v) is 5.65. The highest BCUT2D eigenvalue weighted by Gasteiger charge is 2.35. The average Bonchev–Trinajstić information content (AvgIpc) is 2.52. The number of cyclic esters (lactones) is 2. The van der Waals surface area contributed by atoms with Crippen molar-refractivity contribution in [2.24, 2.45) is 0 Å². The van der Waals surface area contributed by atoms with Crippen LogP contribution in [0.2, 0.25) is 0 Å². The summed E-state index contributed by atoms with van der Waals surface area (Å²) in [6, 6.07) is 0. The molecule has 0 aromatic carbocycles. The molecule has 1 heterocycles. The van der Waals surface area contributed by atoms with Crippen LogP contribution in [0.25, 0.3) is 0 Å². The Labute approximate surface area is 85.8 Å². The maximum Gasteiger partial charge on any atom is 0.509 e. The molecule has 0 amide bonds. The molecular weight excluding hydrogens is 180 g/mol. The Morgan fingerprint density at radius 3 is 1.79 bits per heavy atom. The Hall–Kier alpha value is -0.730. The van der Waals surface area contributed by atoms with E-state index in [0.29, 0.717) is 0 Å². The number of hydrogen-bond acceptors (Lipinski definition) is 3. The maximum absolute atomic E-state index is 10.9. The van der Waals surface area contributed by atoms with Gasteiger partial charge < -0.3 is 9.47 Å². The van der Waals surface area contributed by atoms with Crippen LogP contribution in [0.5, 0.6) is 0 Å². The first kappa shape index (κ1) is 11.3. The van der Waals surface area contributed by atoms with E-state index in [1.165, 1.54) is 0 Å². The van der Waals surface area contributed by atoms with E-state index < -0.39 is 6.16 Å². The minimum absolute atomic E-state index is 0.00833. The fraction of sp³-hybridized carbons (Fsp3) is 0.909. The number of hydrogen-bond donors (Lipinski definition) is 0. The molecule has 82 valence electrons. The van der Waals surface area contributed by atoms with Crippen LogP contribution in [-0.2, 0) is 9.47 Å². The van der Waals surface area contributed by atoms with E-state index in [1.54, 1.807) is 0 Å². The highest BCUT2D eigenvalue weighted by molar-refractivity contribution is 5.62. The second kappa shape index (κ2) is 5.89. The van der Waals surface area contributed by atoms with Gasteiger partial charge >= 0.3 is 6.16 Å². The summed E-state index contributed by atoms with van der Waals surface area (Å²) in [5, 5.41) is 0. The van der Waals surface area contributed by atoms with Crippen molar-refractivity contribution in [2.75, 3.05) is 0 Å². The van der Waals surface area contributed by atoms with E-state index in [4.69, 9.17) is 9.47 Å². The number of ether oxygens (including phenoxy) is 2. The summed E-state index contributed by atoms with van der Waals surface area (Å²) in [6.45, 7) is 4.28. The number of rotatable bonds is 6. The van der Waals surface area contributed by atoms with Crippen LogP contribution in [0, 0.1) is 0 Å². The van der Waals surface area contributed by atoms with Gasteiger partial charge in [-0.15, -0.1) is 0 Å². The Morgan fingerprint density at radius 1 is 1.00 bits per heavy atom. The molecule has 1 fully saturated rings. The fourth-order valence-electron chi connectivity index (χ4n) is 1.73. The van der Waals surface area contributed by atoms with E-state index in [0.717, 1.165) is 38.5 Å². The molecule has 0 N–H and O–H groups in total. The molecule has 1 aliphatic rings. The zero-order valence-electron chi connectivity index (χ0n) is 9.12. The number of carbonyl (C=O) groups excluding carboxylic acids is 1. The second-order valence-electron chi connectivity index (χ2n) is 3.85. The highest BCUT2D eigenvalue weighted by Crippen LogP contribution is 2.24. The quantitative estimate of drug-likeness (QED) is 0.617. The van der Waals surface area contributed by atoms with Crippen LogP contribution in [0.3, 0.4) is 0 Å². The van der Waals surface area contributed by atoms with Crippen molar-refractivity contribution in [1.29, 1.82) is 0 Å². The lowest BCUT2D eigenvalue weighted by molar-refractivity contribution is 0.114. The summed E-state index contributed by atoms with van der Waals surface area (Å²) < 4.78 is 10.2. The molecule has 0 spiro atoms. The molecule has 3 nitrogen and oxygen atoms in total. The van der Waals surface area contributed by atoms with Gasteiger partial charge in [-0.3, -0.25) is 0 Å². The van der Waals surface area contributed by atoms with Gasteiger partial charge in [0.15, 0.2) is 0 Å². The molecule has 0 aromatic rings. The van der Waals surface area contributed by atoms with Crippen molar-refractivity contribution >= 4 is 6.16 Å². The van der Waals surface area contributed by atoms with Gasteiger partial charge in [0.05, 0.1) is 0 Å². The summed E-state index contributed by atoms with van der Waals surface area (Å²) in [6.07, 6.45) is 5.89. The Kier molecular flexibility index (Phi) is 4.77. The van der Waals surface area contributed by atoms with Gasteiger partial charge in [-0.05, 0) is 25.7 Å². The molecule has 3 heteroatoms. The van der Waals surface area contributed by atoms with Crippen molar-refractivity contribution in [2.45, 2.75) is 64.6 Å². The first-order valence-electron chi connectivity index (χ1n) is 5.65. The predicted molar refractivity (Wildman–Crippen MR) is 54.2 cm³/mol. The minimum atomic E-state index is -0.479. The topological polar surface area (TPSA) is 35.5 Å². The largest absolute Gasteiger partial charge is 0.509 e. The van der Waals surface area contributed by atoms with Gasteiger partial charge in [0, 0.05) is 0 Å². The van der Waals surface area contributed by atoms with Crippen molar-refractivity contribution in [3.05, 3.63) is 0 Å². The average molecular weight is 200 g/mol. The summed E-state index contributed by atoms with van der Waals surface area (Å²) in [4.78, 5) is 10.9. The van der Waals surface area contributed by atoms with E-state index in [-0.39, 0.29) is 12.2 Å².